The SMILES string of the molecule is CC1(C)OC(CCNS(=O)(=O)O)C(c2ccccc2Cl)O1. The quantitative estimate of drug-likeness (QED) is 0.807. The minimum atomic E-state index is -4.21. The molecule has 0 radical (unpaired) electrons. The standard InChI is InChI=1S/C13H18ClNO5S/c1-13(2)19-11(7-8-15-21(16,17)18)12(20-13)9-5-3-4-6-10(9)14/h3-6,11-12,15H,7-8H2,1-2H3,(H,16,17,18). The summed E-state index contributed by atoms with van der Waals surface area (Å²) in [5.74, 6) is -0.785. The zero-order chi connectivity index (χ0) is 15.7. The summed E-state index contributed by atoms with van der Waals surface area (Å²) in [6, 6.07) is 7.28. The highest BCUT2D eigenvalue weighted by Crippen LogP contribution is 2.41. The van der Waals surface area contributed by atoms with Gasteiger partial charge < -0.3 is 9.47 Å². The van der Waals surface area contributed by atoms with Crippen LogP contribution in [0.15, 0.2) is 24.3 Å². The minimum Gasteiger partial charge on any atom is -0.344 e. The lowest BCUT2D eigenvalue weighted by atomic mass is 10.0. The van der Waals surface area contributed by atoms with Crippen molar-refractivity contribution in [3.8, 4) is 0 Å². The van der Waals surface area contributed by atoms with Crippen molar-refractivity contribution in [3.05, 3.63) is 34.9 Å². The van der Waals surface area contributed by atoms with Crippen LogP contribution < -0.4 is 4.72 Å². The fourth-order valence-corrected chi connectivity index (χ4v) is 2.96. The third-order valence-corrected chi connectivity index (χ3v) is 4.02. The van der Waals surface area contributed by atoms with Gasteiger partial charge in [0.15, 0.2) is 5.79 Å². The van der Waals surface area contributed by atoms with Gasteiger partial charge in [-0.3, -0.25) is 4.55 Å². The molecule has 118 valence electrons. The maximum atomic E-state index is 10.7. The molecule has 0 amide bonds. The average molecular weight is 336 g/mol. The second-order valence-corrected chi connectivity index (χ2v) is 6.92. The topological polar surface area (TPSA) is 84.9 Å². The first-order valence-corrected chi connectivity index (χ1v) is 8.32. The van der Waals surface area contributed by atoms with Crippen molar-refractivity contribution in [2.75, 3.05) is 6.54 Å². The third kappa shape index (κ3) is 4.64. The summed E-state index contributed by atoms with van der Waals surface area (Å²) in [5.41, 5.74) is 0.793. The van der Waals surface area contributed by atoms with Crippen LogP contribution in [0.1, 0.15) is 31.9 Å². The van der Waals surface area contributed by atoms with E-state index in [1.165, 1.54) is 0 Å². The highest BCUT2D eigenvalue weighted by Gasteiger charge is 2.42. The maximum Gasteiger partial charge on any atom is 0.333 e. The molecule has 21 heavy (non-hydrogen) atoms. The van der Waals surface area contributed by atoms with Crippen molar-refractivity contribution in [2.24, 2.45) is 0 Å². The Balaban J connectivity index is 2.12. The van der Waals surface area contributed by atoms with Gasteiger partial charge in [0.1, 0.15) is 6.10 Å². The Labute approximate surface area is 129 Å². The molecule has 2 rings (SSSR count). The first-order chi connectivity index (χ1) is 9.68. The second-order valence-electron chi connectivity index (χ2n) is 5.27. The molecule has 1 aromatic carbocycles. The molecular formula is C13H18ClNO5S. The van der Waals surface area contributed by atoms with Gasteiger partial charge >= 0.3 is 10.3 Å². The van der Waals surface area contributed by atoms with Crippen LogP contribution in [0.25, 0.3) is 0 Å². The molecule has 2 N–H and O–H groups in total. The van der Waals surface area contributed by atoms with Gasteiger partial charge in [-0.15, -0.1) is 0 Å². The normalized spacial score (nSPS) is 25.1. The van der Waals surface area contributed by atoms with Crippen LogP contribution in [-0.2, 0) is 19.8 Å². The van der Waals surface area contributed by atoms with Crippen LogP contribution in [-0.4, -0.2) is 31.4 Å². The van der Waals surface area contributed by atoms with E-state index in [4.69, 9.17) is 25.6 Å². The third-order valence-electron chi connectivity index (χ3n) is 3.11. The van der Waals surface area contributed by atoms with Crippen molar-refractivity contribution in [2.45, 2.75) is 38.3 Å². The summed E-state index contributed by atoms with van der Waals surface area (Å²) < 4.78 is 43.7. The van der Waals surface area contributed by atoms with Crippen LogP contribution in [0.5, 0.6) is 0 Å². The predicted molar refractivity (Wildman–Crippen MR) is 78.4 cm³/mol. The summed E-state index contributed by atoms with van der Waals surface area (Å²) in [6.07, 6.45) is -0.412. The Morgan fingerprint density at radius 3 is 2.62 bits per heavy atom. The summed E-state index contributed by atoms with van der Waals surface area (Å²) in [5, 5.41) is 0.566. The van der Waals surface area contributed by atoms with Crippen molar-refractivity contribution < 1.29 is 22.4 Å². The first kappa shape index (κ1) is 16.7. The van der Waals surface area contributed by atoms with E-state index in [-0.39, 0.29) is 12.6 Å². The van der Waals surface area contributed by atoms with Gasteiger partial charge in [0, 0.05) is 17.1 Å². The Morgan fingerprint density at radius 2 is 2.00 bits per heavy atom. The van der Waals surface area contributed by atoms with Crippen molar-refractivity contribution in [1.82, 2.24) is 4.72 Å². The zero-order valence-electron chi connectivity index (χ0n) is 11.7. The van der Waals surface area contributed by atoms with Crippen LogP contribution in [0.4, 0.5) is 0 Å². The molecular weight excluding hydrogens is 318 g/mol. The minimum absolute atomic E-state index is 0.0455. The molecule has 0 aromatic heterocycles. The highest BCUT2D eigenvalue weighted by atomic mass is 35.5. The van der Waals surface area contributed by atoms with Crippen molar-refractivity contribution in [3.63, 3.8) is 0 Å². The van der Waals surface area contributed by atoms with E-state index in [2.05, 4.69) is 0 Å². The van der Waals surface area contributed by atoms with Crippen LogP contribution in [0.2, 0.25) is 5.02 Å². The van der Waals surface area contributed by atoms with Gasteiger partial charge in [-0.25, -0.2) is 0 Å². The molecule has 1 saturated heterocycles. The van der Waals surface area contributed by atoms with Crippen molar-refractivity contribution in [1.29, 1.82) is 0 Å². The van der Waals surface area contributed by atoms with Crippen LogP contribution >= 0.6 is 11.6 Å². The lowest BCUT2D eigenvalue weighted by molar-refractivity contribution is -0.147. The number of hydrogen-bond acceptors (Lipinski definition) is 4. The largest absolute Gasteiger partial charge is 0.344 e. The van der Waals surface area contributed by atoms with Gasteiger partial charge in [-0.2, -0.15) is 13.1 Å². The van der Waals surface area contributed by atoms with Crippen molar-refractivity contribution >= 4 is 21.9 Å². The fourth-order valence-electron chi connectivity index (χ4n) is 2.35. The number of benzene rings is 1. The second kappa shape index (κ2) is 6.20. The smallest absolute Gasteiger partial charge is 0.333 e. The molecule has 2 atom stereocenters. The predicted octanol–water partition coefficient (Wildman–Crippen LogP) is 2.32. The molecule has 2 unspecified atom stereocenters. The van der Waals surface area contributed by atoms with Gasteiger partial charge in [0.25, 0.3) is 0 Å². The Bertz CT molecular complexity index is 604. The number of hydrogen-bond donors (Lipinski definition) is 2. The molecule has 8 heteroatoms. The number of nitrogens with one attached hydrogen (secondary N) is 1. The Hall–Kier alpha value is -0.700. The molecule has 1 heterocycles. The van der Waals surface area contributed by atoms with Crippen LogP contribution in [0.3, 0.4) is 0 Å². The Morgan fingerprint density at radius 1 is 1.33 bits per heavy atom. The molecule has 0 spiro atoms. The molecule has 6 nitrogen and oxygen atoms in total. The lowest BCUT2D eigenvalue weighted by Gasteiger charge is -2.18. The molecule has 0 aliphatic carbocycles. The molecule has 0 saturated carbocycles. The maximum absolute atomic E-state index is 10.7. The van der Waals surface area contributed by atoms with E-state index in [0.717, 1.165) is 5.56 Å². The van der Waals surface area contributed by atoms with Gasteiger partial charge in [0.2, 0.25) is 0 Å². The molecule has 1 aromatic rings. The van der Waals surface area contributed by atoms with E-state index in [1.54, 1.807) is 19.9 Å². The number of ether oxygens (including phenoxy) is 2. The fraction of sp³-hybridized carbons (Fsp3) is 0.538. The molecule has 0 bridgehead atoms. The van der Waals surface area contributed by atoms with Gasteiger partial charge in [0.05, 0.1) is 6.10 Å². The number of halogens is 1. The van der Waals surface area contributed by atoms with Gasteiger partial charge in [-0.05, 0) is 26.3 Å². The van der Waals surface area contributed by atoms with Gasteiger partial charge in [-0.1, -0.05) is 29.8 Å². The van der Waals surface area contributed by atoms with E-state index < -0.39 is 22.2 Å². The summed E-state index contributed by atoms with van der Waals surface area (Å²) in [4.78, 5) is 0. The molecule has 1 fully saturated rings. The van der Waals surface area contributed by atoms with Crippen LogP contribution in [0, 0.1) is 0 Å². The molecule has 1 aliphatic heterocycles. The van der Waals surface area contributed by atoms with E-state index >= 15 is 0 Å². The summed E-state index contributed by atoms with van der Waals surface area (Å²) >= 11 is 6.18. The summed E-state index contributed by atoms with van der Waals surface area (Å²) in [7, 11) is -4.21. The average Bonchev–Trinajstić information content (AvgIpc) is 2.63. The highest BCUT2D eigenvalue weighted by molar-refractivity contribution is 7.83. The Kier molecular flexibility index (Phi) is 4.92. The monoisotopic (exact) mass is 335 g/mol. The van der Waals surface area contributed by atoms with E-state index in [0.29, 0.717) is 11.4 Å². The van der Waals surface area contributed by atoms with E-state index in [1.807, 2.05) is 22.9 Å². The first-order valence-electron chi connectivity index (χ1n) is 6.50. The van der Waals surface area contributed by atoms with E-state index in [9.17, 15) is 8.42 Å². The summed E-state index contributed by atoms with van der Waals surface area (Å²) in [6.45, 7) is 3.62. The number of rotatable bonds is 5. The molecule has 1 aliphatic rings. The zero-order valence-corrected chi connectivity index (χ0v) is 13.3. The lowest BCUT2D eigenvalue weighted by Crippen LogP contribution is -2.28.